The molecule has 0 aliphatic rings. The van der Waals surface area contributed by atoms with E-state index in [2.05, 4.69) is 0 Å². The molecule has 0 radical (unpaired) electrons. The molecule has 0 unspecified atom stereocenters. The van der Waals surface area contributed by atoms with Crippen LogP contribution in [0.4, 0.5) is 8.78 Å². The summed E-state index contributed by atoms with van der Waals surface area (Å²) < 4.78 is 23.6. The van der Waals surface area contributed by atoms with E-state index >= 15 is 0 Å². The SMILES string of the molecule is Oc1cccc(CCCC(F)F)c1O. The molecule has 1 aromatic carbocycles. The number of hydrogen-bond acceptors (Lipinski definition) is 2. The first-order valence-corrected chi connectivity index (χ1v) is 4.39. The van der Waals surface area contributed by atoms with Gasteiger partial charge in [0.2, 0.25) is 6.43 Å². The van der Waals surface area contributed by atoms with Crippen LogP contribution in [-0.2, 0) is 6.42 Å². The fraction of sp³-hybridized carbons (Fsp3) is 0.400. The highest BCUT2D eigenvalue weighted by molar-refractivity contribution is 5.44. The lowest BCUT2D eigenvalue weighted by atomic mass is 10.1. The summed E-state index contributed by atoms with van der Waals surface area (Å²) in [6, 6.07) is 4.54. The van der Waals surface area contributed by atoms with Gasteiger partial charge in [-0.3, -0.25) is 0 Å². The zero-order chi connectivity index (χ0) is 10.6. The van der Waals surface area contributed by atoms with Gasteiger partial charge in [0.15, 0.2) is 11.5 Å². The van der Waals surface area contributed by atoms with E-state index in [1.165, 1.54) is 6.07 Å². The first kappa shape index (κ1) is 10.8. The predicted octanol–water partition coefficient (Wildman–Crippen LogP) is 2.69. The minimum Gasteiger partial charge on any atom is -0.504 e. The Bertz CT molecular complexity index is 300. The molecule has 0 heterocycles. The number of rotatable bonds is 4. The van der Waals surface area contributed by atoms with E-state index in [0.29, 0.717) is 18.4 Å². The van der Waals surface area contributed by atoms with Crippen molar-refractivity contribution in [3.05, 3.63) is 23.8 Å². The molecular formula is C10H12F2O2. The van der Waals surface area contributed by atoms with Crippen LogP contribution in [0.3, 0.4) is 0 Å². The third-order valence-corrected chi connectivity index (χ3v) is 1.97. The van der Waals surface area contributed by atoms with Crippen LogP contribution in [0.25, 0.3) is 0 Å². The molecule has 0 saturated carbocycles. The van der Waals surface area contributed by atoms with E-state index in [1.807, 2.05) is 0 Å². The molecule has 0 bridgehead atoms. The zero-order valence-corrected chi connectivity index (χ0v) is 7.58. The Morgan fingerprint density at radius 1 is 1.21 bits per heavy atom. The summed E-state index contributed by atoms with van der Waals surface area (Å²) in [5.41, 5.74) is 0.505. The van der Waals surface area contributed by atoms with Crippen molar-refractivity contribution in [2.45, 2.75) is 25.7 Å². The van der Waals surface area contributed by atoms with Crippen molar-refractivity contribution < 1.29 is 19.0 Å². The van der Waals surface area contributed by atoms with Gasteiger partial charge in [-0.2, -0.15) is 0 Å². The van der Waals surface area contributed by atoms with Crippen molar-refractivity contribution in [3.63, 3.8) is 0 Å². The number of alkyl halides is 2. The monoisotopic (exact) mass is 202 g/mol. The van der Waals surface area contributed by atoms with E-state index in [0.717, 1.165) is 0 Å². The van der Waals surface area contributed by atoms with Crippen molar-refractivity contribution in [2.24, 2.45) is 0 Å². The summed E-state index contributed by atoms with van der Waals surface area (Å²) in [7, 11) is 0. The van der Waals surface area contributed by atoms with Crippen LogP contribution in [0.15, 0.2) is 18.2 Å². The molecule has 1 aromatic rings. The number of hydrogen-bond donors (Lipinski definition) is 2. The number of phenols is 2. The highest BCUT2D eigenvalue weighted by Gasteiger charge is 2.07. The molecule has 78 valence electrons. The molecule has 14 heavy (non-hydrogen) atoms. The van der Waals surface area contributed by atoms with Crippen LogP contribution in [0.2, 0.25) is 0 Å². The topological polar surface area (TPSA) is 40.5 Å². The quantitative estimate of drug-likeness (QED) is 0.737. The van der Waals surface area contributed by atoms with Crippen LogP contribution in [0.1, 0.15) is 18.4 Å². The first-order chi connectivity index (χ1) is 6.61. The molecule has 2 nitrogen and oxygen atoms in total. The largest absolute Gasteiger partial charge is 0.504 e. The van der Waals surface area contributed by atoms with E-state index in [1.54, 1.807) is 12.1 Å². The molecule has 0 fully saturated rings. The van der Waals surface area contributed by atoms with Gasteiger partial charge in [-0.15, -0.1) is 0 Å². The van der Waals surface area contributed by atoms with Gasteiger partial charge in [0, 0.05) is 6.42 Å². The molecule has 0 atom stereocenters. The van der Waals surface area contributed by atoms with Crippen molar-refractivity contribution >= 4 is 0 Å². The average molecular weight is 202 g/mol. The molecule has 0 aromatic heterocycles. The van der Waals surface area contributed by atoms with Crippen LogP contribution in [-0.4, -0.2) is 16.6 Å². The van der Waals surface area contributed by atoms with E-state index in [-0.39, 0.29) is 17.9 Å². The van der Waals surface area contributed by atoms with Crippen LogP contribution in [0.5, 0.6) is 11.5 Å². The molecule has 1 rings (SSSR count). The van der Waals surface area contributed by atoms with Crippen molar-refractivity contribution in [1.29, 1.82) is 0 Å². The van der Waals surface area contributed by atoms with Crippen molar-refractivity contribution in [3.8, 4) is 11.5 Å². The predicted molar refractivity (Wildman–Crippen MR) is 48.7 cm³/mol. The van der Waals surface area contributed by atoms with Gasteiger partial charge in [-0.25, -0.2) is 8.78 Å². The molecule has 0 amide bonds. The van der Waals surface area contributed by atoms with E-state index in [9.17, 15) is 13.9 Å². The molecule has 0 spiro atoms. The molecule has 0 saturated heterocycles. The summed E-state index contributed by atoms with van der Waals surface area (Å²) in [5, 5.41) is 18.4. The van der Waals surface area contributed by atoms with Gasteiger partial charge in [-0.1, -0.05) is 12.1 Å². The second-order valence-electron chi connectivity index (χ2n) is 3.07. The Labute approximate surface area is 80.8 Å². The highest BCUT2D eigenvalue weighted by atomic mass is 19.3. The van der Waals surface area contributed by atoms with Gasteiger partial charge in [0.1, 0.15) is 0 Å². The smallest absolute Gasteiger partial charge is 0.238 e. The maximum Gasteiger partial charge on any atom is 0.238 e. The summed E-state index contributed by atoms with van der Waals surface area (Å²) in [6.45, 7) is 0. The van der Waals surface area contributed by atoms with Crippen molar-refractivity contribution in [2.75, 3.05) is 0 Å². The van der Waals surface area contributed by atoms with Gasteiger partial charge in [0.25, 0.3) is 0 Å². The molecular weight excluding hydrogens is 190 g/mol. The number of aromatic hydroxyl groups is 2. The first-order valence-electron chi connectivity index (χ1n) is 4.39. The third kappa shape index (κ3) is 2.87. The lowest BCUT2D eigenvalue weighted by molar-refractivity contribution is 0.135. The zero-order valence-electron chi connectivity index (χ0n) is 7.58. The Kier molecular flexibility index (Phi) is 3.68. The van der Waals surface area contributed by atoms with E-state index < -0.39 is 6.43 Å². The average Bonchev–Trinajstić information content (AvgIpc) is 2.12. The number of benzene rings is 1. The van der Waals surface area contributed by atoms with E-state index in [4.69, 9.17) is 5.11 Å². The fourth-order valence-electron chi connectivity index (χ4n) is 1.23. The lowest BCUT2D eigenvalue weighted by Gasteiger charge is -2.05. The van der Waals surface area contributed by atoms with Crippen molar-refractivity contribution in [1.82, 2.24) is 0 Å². The number of halogens is 2. The van der Waals surface area contributed by atoms with Gasteiger partial charge in [-0.05, 0) is 24.5 Å². The third-order valence-electron chi connectivity index (χ3n) is 1.97. The fourth-order valence-corrected chi connectivity index (χ4v) is 1.23. The van der Waals surface area contributed by atoms with Gasteiger partial charge in [0.05, 0.1) is 0 Å². The Balaban J connectivity index is 2.54. The Morgan fingerprint density at radius 3 is 2.57 bits per heavy atom. The maximum absolute atomic E-state index is 11.8. The molecule has 4 heteroatoms. The number of para-hydroxylation sites is 1. The number of aryl methyl sites for hydroxylation is 1. The second kappa shape index (κ2) is 4.79. The minimum absolute atomic E-state index is 0.185. The van der Waals surface area contributed by atoms with Gasteiger partial charge >= 0.3 is 0 Å². The summed E-state index contributed by atoms with van der Waals surface area (Å²) in [6.07, 6.45) is -1.84. The normalized spacial score (nSPS) is 10.8. The second-order valence-corrected chi connectivity index (χ2v) is 3.07. The number of phenolic OH excluding ortho intramolecular Hbond substituents is 2. The standard InChI is InChI=1S/C10H12F2O2/c11-9(12)6-2-4-7-3-1-5-8(13)10(7)14/h1,3,5,9,13-14H,2,4,6H2. The van der Waals surface area contributed by atoms with Crippen LogP contribution >= 0.6 is 0 Å². The molecule has 2 N–H and O–H groups in total. The summed E-state index contributed by atoms with van der Waals surface area (Å²) in [4.78, 5) is 0. The molecule has 0 aliphatic heterocycles. The van der Waals surface area contributed by atoms with Crippen LogP contribution in [0, 0.1) is 0 Å². The maximum atomic E-state index is 11.8. The summed E-state index contributed by atoms with van der Waals surface area (Å²) >= 11 is 0. The minimum atomic E-state index is -2.31. The highest BCUT2D eigenvalue weighted by Crippen LogP contribution is 2.29. The molecule has 0 aliphatic carbocycles. The Morgan fingerprint density at radius 2 is 1.93 bits per heavy atom. The summed E-state index contributed by atoms with van der Waals surface area (Å²) in [5.74, 6) is -0.415. The Hall–Kier alpha value is -1.32. The van der Waals surface area contributed by atoms with Gasteiger partial charge < -0.3 is 10.2 Å². The van der Waals surface area contributed by atoms with Crippen LogP contribution < -0.4 is 0 Å². The lowest BCUT2D eigenvalue weighted by Crippen LogP contribution is -1.93.